The molecule has 1 aromatic rings. The van der Waals surface area contributed by atoms with Crippen molar-refractivity contribution in [3.8, 4) is 0 Å². The number of benzene rings is 1. The molecule has 1 N–H and O–H groups in total. The number of carbonyl (C=O) groups is 2. The van der Waals surface area contributed by atoms with Crippen LogP contribution in [0.25, 0.3) is 0 Å². The fourth-order valence-electron chi connectivity index (χ4n) is 3.31. The molecule has 0 aromatic heterocycles. The third-order valence-electron chi connectivity index (χ3n) is 4.48. The van der Waals surface area contributed by atoms with Gasteiger partial charge in [0.2, 0.25) is 0 Å². The quantitative estimate of drug-likeness (QED) is 0.708. The molecule has 1 aromatic carbocycles. The molecular formula is C19H27NO3. The fourth-order valence-corrected chi connectivity index (χ4v) is 3.31. The van der Waals surface area contributed by atoms with Crippen LogP contribution in [0.1, 0.15) is 64.4 Å². The van der Waals surface area contributed by atoms with E-state index in [4.69, 9.17) is 0 Å². The number of ketones is 1. The van der Waals surface area contributed by atoms with E-state index in [1.807, 2.05) is 12.1 Å². The Balaban J connectivity index is 2.06. The number of hydrogen-bond donors (Lipinski definition) is 1. The number of para-hydroxylation sites is 1. The van der Waals surface area contributed by atoms with Gasteiger partial charge in [0.15, 0.2) is 5.60 Å². The van der Waals surface area contributed by atoms with Gasteiger partial charge >= 0.3 is 0 Å². The highest BCUT2D eigenvalue weighted by molar-refractivity contribution is 6.08. The Bertz CT molecular complexity index is 569. The van der Waals surface area contributed by atoms with Gasteiger partial charge in [-0.3, -0.25) is 9.59 Å². The molecule has 1 unspecified atom stereocenters. The van der Waals surface area contributed by atoms with Crippen molar-refractivity contribution in [1.82, 2.24) is 0 Å². The third kappa shape index (κ3) is 3.81. The lowest BCUT2D eigenvalue weighted by Gasteiger charge is -2.22. The van der Waals surface area contributed by atoms with Gasteiger partial charge < -0.3 is 10.0 Å². The van der Waals surface area contributed by atoms with E-state index in [1.54, 1.807) is 17.0 Å². The summed E-state index contributed by atoms with van der Waals surface area (Å²) in [6, 6.07) is 7.26. The number of nitrogens with zero attached hydrogens (tertiary/aromatic N) is 1. The van der Waals surface area contributed by atoms with Gasteiger partial charge in [0.1, 0.15) is 5.78 Å². The Kier molecular flexibility index (Phi) is 5.94. The maximum Gasteiger partial charge on any atom is 0.264 e. The summed E-state index contributed by atoms with van der Waals surface area (Å²) in [5.74, 6) is -0.542. The molecule has 0 bridgehead atoms. The molecule has 0 saturated carbocycles. The predicted octanol–water partition coefficient (Wildman–Crippen LogP) is 3.56. The molecule has 1 atom stereocenters. The SMILES string of the molecule is CCCCCCCCN1C(=O)C(O)(CC(C)=O)c2ccccc21. The van der Waals surface area contributed by atoms with E-state index in [2.05, 4.69) is 6.92 Å². The fraction of sp³-hybridized carbons (Fsp3) is 0.579. The van der Waals surface area contributed by atoms with E-state index in [0.717, 1.165) is 18.5 Å². The predicted molar refractivity (Wildman–Crippen MR) is 91.4 cm³/mol. The van der Waals surface area contributed by atoms with Crippen LogP contribution in [-0.4, -0.2) is 23.3 Å². The monoisotopic (exact) mass is 317 g/mol. The number of aliphatic hydroxyl groups is 1. The van der Waals surface area contributed by atoms with Crippen LogP contribution in [0, 0.1) is 0 Å². The molecule has 1 aliphatic rings. The lowest BCUT2D eigenvalue weighted by Crippen LogP contribution is -2.41. The Morgan fingerprint density at radius 2 is 1.78 bits per heavy atom. The second-order valence-corrected chi connectivity index (χ2v) is 6.48. The first-order valence-corrected chi connectivity index (χ1v) is 8.64. The van der Waals surface area contributed by atoms with Crippen molar-refractivity contribution in [3.63, 3.8) is 0 Å². The zero-order chi connectivity index (χ0) is 16.9. The van der Waals surface area contributed by atoms with E-state index in [-0.39, 0.29) is 18.1 Å². The Morgan fingerprint density at radius 1 is 1.13 bits per heavy atom. The van der Waals surface area contributed by atoms with E-state index in [1.165, 1.54) is 32.6 Å². The Hall–Kier alpha value is -1.68. The molecule has 2 rings (SSSR count). The lowest BCUT2D eigenvalue weighted by atomic mass is 9.90. The van der Waals surface area contributed by atoms with Crippen LogP contribution in [0.15, 0.2) is 24.3 Å². The number of hydrogen-bond acceptors (Lipinski definition) is 3. The van der Waals surface area contributed by atoms with Crippen molar-refractivity contribution in [2.45, 2.75) is 64.4 Å². The summed E-state index contributed by atoms with van der Waals surface area (Å²) in [6.07, 6.45) is 6.72. The number of rotatable bonds is 9. The highest BCUT2D eigenvalue weighted by atomic mass is 16.3. The molecule has 4 heteroatoms. The Morgan fingerprint density at radius 3 is 2.48 bits per heavy atom. The zero-order valence-electron chi connectivity index (χ0n) is 14.2. The summed E-state index contributed by atoms with van der Waals surface area (Å²) < 4.78 is 0. The summed E-state index contributed by atoms with van der Waals surface area (Å²) >= 11 is 0. The van der Waals surface area contributed by atoms with Crippen LogP contribution in [0.5, 0.6) is 0 Å². The largest absolute Gasteiger partial charge is 0.375 e. The van der Waals surface area contributed by atoms with Gasteiger partial charge in [-0.25, -0.2) is 0 Å². The van der Waals surface area contributed by atoms with Gasteiger partial charge in [-0.15, -0.1) is 0 Å². The molecule has 126 valence electrons. The maximum absolute atomic E-state index is 12.7. The average Bonchev–Trinajstić information content (AvgIpc) is 2.72. The standard InChI is InChI=1S/C19H27NO3/c1-3-4-5-6-7-10-13-20-17-12-9-8-11-16(17)19(23,18(20)22)14-15(2)21/h8-9,11-12,23H,3-7,10,13-14H2,1-2H3. The van der Waals surface area contributed by atoms with Crippen molar-refractivity contribution in [1.29, 1.82) is 0 Å². The first-order valence-electron chi connectivity index (χ1n) is 8.64. The van der Waals surface area contributed by atoms with Crippen LogP contribution >= 0.6 is 0 Å². The molecule has 1 aliphatic heterocycles. The van der Waals surface area contributed by atoms with Crippen LogP contribution in [-0.2, 0) is 15.2 Å². The number of unbranched alkanes of at least 4 members (excludes halogenated alkanes) is 5. The number of anilines is 1. The normalized spacial score (nSPS) is 20.0. The van der Waals surface area contributed by atoms with Crippen LogP contribution in [0.4, 0.5) is 5.69 Å². The second-order valence-electron chi connectivity index (χ2n) is 6.48. The second kappa shape index (κ2) is 7.73. The van der Waals surface area contributed by atoms with Crippen LogP contribution in [0.3, 0.4) is 0 Å². The number of carbonyl (C=O) groups excluding carboxylic acids is 2. The highest BCUT2D eigenvalue weighted by Gasteiger charge is 2.49. The smallest absolute Gasteiger partial charge is 0.264 e. The topological polar surface area (TPSA) is 57.6 Å². The molecule has 1 amide bonds. The van der Waals surface area contributed by atoms with Crippen LogP contribution in [0.2, 0.25) is 0 Å². The van der Waals surface area contributed by atoms with Gasteiger partial charge in [-0.1, -0.05) is 57.2 Å². The minimum atomic E-state index is -1.69. The summed E-state index contributed by atoms with van der Waals surface area (Å²) in [6.45, 7) is 4.20. The summed E-state index contributed by atoms with van der Waals surface area (Å²) in [5.41, 5.74) is -0.383. The first-order chi connectivity index (χ1) is 11.0. The van der Waals surface area contributed by atoms with Gasteiger partial charge in [-0.05, 0) is 19.4 Å². The first kappa shape index (κ1) is 17.7. The molecule has 0 spiro atoms. The number of Topliss-reactive ketones (excluding diaryl/α,β-unsaturated/α-hetero) is 1. The average molecular weight is 317 g/mol. The van der Waals surface area contributed by atoms with E-state index in [9.17, 15) is 14.7 Å². The lowest BCUT2D eigenvalue weighted by molar-refractivity contribution is -0.141. The van der Waals surface area contributed by atoms with Gasteiger partial charge in [0, 0.05) is 18.5 Å². The summed E-state index contributed by atoms with van der Waals surface area (Å²) in [7, 11) is 0. The minimum Gasteiger partial charge on any atom is -0.375 e. The molecule has 4 nitrogen and oxygen atoms in total. The zero-order valence-corrected chi connectivity index (χ0v) is 14.2. The van der Waals surface area contributed by atoms with E-state index < -0.39 is 5.60 Å². The summed E-state index contributed by atoms with van der Waals surface area (Å²) in [4.78, 5) is 25.9. The third-order valence-corrected chi connectivity index (χ3v) is 4.48. The van der Waals surface area contributed by atoms with Crippen molar-refractivity contribution in [3.05, 3.63) is 29.8 Å². The number of amides is 1. The van der Waals surface area contributed by atoms with Gasteiger partial charge in [0.05, 0.1) is 5.69 Å². The molecule has 23 heavy (non-hydrogen) atoms. The van der Waals surface area contributed by atoms with Crippen molar-refractivity contribution < 1.29 is 14.7 Å². The molecule has 0 saturated heterocycles. The summed E-state index contributed by atoms with van der Waals surface area (Å²) in [5, 5.41) is 10.8. The van der Waals surface area contributed by atoms with Crippen molar-refractivity contribution in [2.75, 3.05) is 11.4 Å². The number of fused-ring (bicyclic) bond motifs is 1. The van der Waals surface area contributed by atoms with Gasteiger partial charge in [0.25, 0.3) is 5.91 Å². The highest BCUT2D eigenvalue weighted by Crippen LogP contribution is 2.42. The van der Waals surface area contributed by atoms with E-state index >= 15 is 0 Å². The molecular weight excluding hydrogens is 290 g/mol. The van der Waals surface area contributed by atoms with Gasteiger partial charge in [-0.2, -0.15) is 0 Å². The molecule has 1 heterocycles. The van der Waals surface area contributed by atoms with Crippen LogP contribution < -0.4 is 4.90 Å². The van der Waals surface area contributed by atoms with Crippen molar-refractivity contribution in [2.24, 2.45) is 0 Å². The molecule has 0 aliphatic carbocycles. The Labute approximate surface area is 138 Å². The molecule has 0 fully saturated rings. The molecule has 0 radical (unpaired) electrons. The van der Waals surface area contributed by atoms with E-state index in [0.29, 0.717) is 12.1 Å². The maximum atomic E-state index is 12.7. The minimum absolute atomic E-state index is 0.157. The van der Waals surface area contributed by atoms with Crippen molar-refractivity contribution >= 4 is 17.4 Å².